The molecular weight excluding hydrogens is 879 g/mol. The summed E-state index contributed by atoms with van der Waals surface area (Å²) in [5.74, 6) is -8.60. The van der Waals surface area contributed by atoms with Crippen molar-refractivity contribution in [3.05, 3.63) is 36.0 Å². The Morgan fingerprint density at radius 3 is 1.96 bits per heavy atom. The van der Waals surface area contributed by atoms with Crippen molar-refractivity contribution >= 4 is 70.0 Å². The highest BCUT2D eigenvalue weighted by Crippen LogP contribution is 2.22. The average Bonchev–Trinajstić information content (AvgIpc) is 3.96. The van der Waals surface area contributed by atoms with Crippen molar-refractivity contribution in [3.63, 3.8) is 0 Å². The number of amides is 9. The zero-order chi connectivity index (χ0) is 50.0. The molecule has 9 amide bonds. The number of rotatable bonds is 26. The van der Waals surface area contributed by atoms with Crippen molar-refractivity contribution in [3.8, 4) is 0 Å². The predicted molar refractivity (Wildman–Crippen MR) is 240 cm³/mol. The maximum Gasteiger partial charge on any atom is 0.328 e. The smallest absolute Gasteiger partial charge is 0.328 e. The van der Waals surface area contributed by atoms with Crippen LogP contribution in [0.5, 0.6) is 0 Å². The molecule has 67 heavy (non-hydrogen) atoms. The van der Waals surface area contributed by atoms with Gasteiger partial charge in [-0.1, -0.05) is 52.3 Å². The van der Waals surface area contributed by atoms with Crippen LogP contribution in [0, 0.1) is 11.8 Å². The number of hydrogen-bond acceptors (Lipinski definition) is 13. The number of fused-ring (bicyclic) bond motifs is 1. The number of nitrogens with zero attached hydrogens (tertiary/aromatic N) is 1. The molecule has 370 valence electrons. The molecule has 24 nitrogen and oxygen atoms in total. The lowest BCUT2D eigenvalue weighted by molar-refractivity contribution is -0.143. The third-order valence-corrected chi connectivity index (χ3v) is 11.1. The number of nitrogens with two attached hydrogens (primary N) is 1. The number of likely N-dealkylation sites (tertiary alicyclic amines) is 1. The lowest BCUT2D eigenvalue weighted by Gasteiger charge is -2.28. The average molecular weight is 944 g/mol. The standard InChI is InChI=1S/C43H65N11O13/c1-6-23(4)36(44)41(64)53-30(20-55)39(62)51-28(14-22(2)3)37(60)48-19-34(58)49-24(5)42(65)54-13-9-12-32(54)40(63)52-29(15-25-16-45-27-11-8-7-10-26(25)27)38(61)47-17-33(57)46-18-35(59)50-31(21-56)43(66)67/h7-8,10-11,16,22-24,28-32,36,45,55-56H,6,9,12-15,17-21,44H2,1-5H3,(H,46,57)(H,47,61)(H,48,60)(H,49,58)(H,50,59)(H,51,62)(H,52,63)(H,53,64)(H,66,67)/t23-,24-,28-,29-,30-,31-,32-,36-/m0/s1. The van der Waals surface area contributed by atoms with Crippen molar-refractivity contribution in [1.82, 2.24) is 52.4 Å². The predicted octanol–water partition coefficient (Wildman–Crippen LogP) is -4.02. The summed E-state index contributed by atoms with van der Waals surface area (Å²) in [5.41, 5.74) is 7.36. The number of carbonyl (C=O) groups excluding carboxylic acids is 9. The molecule has 2 aromatic rings. The van der Waals surface area contributed by atoms with Gasteiger partial charge in [-0.2, -0.15) is 0 Å². The molecule has 0 unspecified atom stereocenters. The van der Waals surface area contributed by atoms with Crippen molar-refractivity contribution < 1.29 is 63.3 Å². The highest BCUT2D eigenvalue weighted by atomic mass is 16.4. The largest absolute Gasteiger partial charge is 0.480 e. The van der Waals surface area contributed by atoms with Gasteiger partial charge in [-0.15, -0.1) is 0 Å². The molecule has 1 aliphatic rings. The number of para-hydroxylation sites is 1. The van der Waals surface area contributed by atoms with Crippen LogP contribution in [0.15, 0.2) is 30.5 Å². The molecule has 0 saturated carbocycles. The monoisotopic (exact) mass is 943 g/mol. The van der Waals surface area contributed by atoms with Crippen LogP contribution in [0.3, 0.4) is 0 Å². The van der Waals surface area contributed by atoms with Gasteiger partial charge < -0.3 is 73.5 Å². The Hall–Kier alpha value is -6.66. The minimum Gasteiger partial charge on any atom is -0.480 e. The summed E-state index contributed by atoms with van der Waals surface area (Å²) in [6.07, 6.45) is 2.98. The molecule has 3 rings (SSSR count). The molecule has 0 aliphatic carbocycles. The van der Waals surface area contributed by atoms with E-state index in [9.17, 15) is 53.1 Å². The van der Waals surface area contributed by atoms with Crippen LogP contribution in [0.25, 0.3) is 10.9 Å². The van der Waals surface area contributed by atoms with Crippen LogP contribution >= 0.6 is 0 Å². The zero-order valence-corrected chi connectivity index (χ0v) is 38.3. The lowest BCUT2D eigenvalue weighted by atomic mass is 9.99. The number of aliphatic hydroxyl groups excluding tert-OH is 2. The minimum atomic E-state index is -1.58. The summed E-state index contributed by atoms with van der Waals surface area (Å²) >= 11 is 0. The number of H-pyrrole nitrogens is 1. The summed E-state index contributed by atoms with van der Waals surface area (Å²) in [6.45, 7) is 5.21. The number of aliphatic hydroxyl groups is 2. The van der Waals surface area contributed by atoms with Gasteiger partial charge in [0.05, 0.1) is 38.9 Å². The molecule has 0 spiro atoms. The van der Waals surface area contributed by atoms with Gasteiger partial charge in [0.15, 0.2) is 0 Å². The number of benzene rings is 1. The van der Waals surface area contributed by atoms with E-state index in [0.717, 1.165) is 10.9 Å². The topological polar surface area (TPSA) is 373 Å². The second-order valence-electron chi connectivity index (χ2n) is 16.8. The van der Waals surface area contributed by atoms with Gasteiger partial charge in [-0.05, 0) is 49.7 Å². The molecule has 2 heterocycles. The second-order valence-corrected chi connectivity index (χ2v) is 16.8. The minimum absolute atomic E-state index is 0.0461. The maximum atomic E-state index is 13.9. The first-order valence-electron chi connectivity index (χ1n) is 22.1. The Kier molecular flexibility index (Phi) is 21.6. The fraction of sp³-hybridized carbons (Fsp3) is 0.581. The normalized spacial score (nSPS) is 16.6. The molecule has 1 aromatic heterocycles. The Bertz CT molecular complexity index is 2100. The summed E-state index contributed by atoms with van der Waals surface area (Å²) in [4.78, 5) is 133. The first-order chi connectivity index (χ1) is 31.7. The van der Waals surface area contributed by atoms with E-state index in [1.807, 2.05) is 30.4 Å². The van der Waals surface area contributed by atoms with Gasteiger partial charge in [0.2, 0.25) is 53.2 Å². The van der Waals surface area contributed by atoms with E-state index in [-0.39, 0.29) is 37.6 Å². The Morgan fingerprint density at radius 2 is 1.33 bits per heavy atom. The van der Waals surface area contributed by atoms with Crippen molar-refractivity contribution in [2.75, 3.05) is 39.4 Å². The number of carboxylic acids is 1. The number of carboxylic acid groups (broad SMARTS) is 1. The van der Waals surface area contributed by atoms with Gasteiger partial charge in [0.25, 0.3) is 0 Å². The van der Waals surface area contributed by atoms with Crippen LogP contribution in [0.4, 0.5) is 0 Å². The van der Waals surface area contributed by atoms with Gasteiger partial charge in [0.1, 0.15) is 36.3 Å². The highest BCUT2D eigenvalue weighted by molar-refractivity contribution is 5.97. The fourth-order valence-corrected chi connectivity index (χ4v) is 7.11. The van der Waals surface area contributed by atoms with E-state index in [2.05, 4.69) is 42.2 Å². The van der Waals surface area contributed by atoms with E-state index in [4.69, 9.17) is 15.9 Å². The van der Waals surface area contributed by atoms with E-state index in [0.29, 0.717) is 18.4 Å². The molecule has 8 atom stereocenters. The quantitative estimate of drug-likeness (QED) is 0.0428. The zero-order valence-electron chi connectivity index (χ0n) is 38.3. The molecule has 24 heteroatoms. The first kappa shape index (κ1) is 54.7. The number of hydrogen-bond donors (Lipinski definition) is 13. The molecule has 0 bridgehead atoms. The first-order valence-corrected chi connectivity index (χ1v) is 22.1. The molecule has 1 aliphatic heterocycles. The van der Waals surface area contributed by atoms with E-state index in [1.165, 1.54) is 11.8 Å². The second kappa shape index (κ2) is 26.5. The van der Waals surface area contributed by atoms with Gasteiger partial charge >= 0.3 is 5.97 Å². The van der Waals surface area contributed by atoms with Crippen LogP contribution < -0.4 is 48.3 Å². The van der Waals surface area contributed by atoms with Crippen LogP contribution in [0.2, 0.25) is 0 Å². The van der Waals surface area contributed by atoms with Crippen LogP contribution in [-0.2, 0) is 54.4 Å². The van der Waals surface area contributed by atoms with E-state index in [1.54, 1.807) is 33.0 Å². The van der Waals surface area contributed by atoms with Gasteiger partial charge in [0, 0.05) is 30.1 Å². The summed E-state index contributed by atoms with van der Waals surface area (Å²) in [5, 5.41) is 48.0. The maximum absolute atomic E-state index is 13.9. The molecule has 1 aromatic carbocycles. The van der Waals surface area contributed by atoms with Crippen LogP contribution in [0.1, 0.15) is 65.9 Å². The SMILES string of the molecule is CC[C@H](C)[C@H](N)C(=O)N[C@@H](CO)C(=O)N[C@@H](CC(C)C)C(=O)NCC(=O)N[C@@H](C)C(=O)N1CCC[C@H]1C(=O)N[C@@H](Cc1c[nH]c2ccccc12)C(=O)NCC(=O)NCC(=O)N[C@@H](CO)C(=O)O. The third-order valence-electron chi connectivity index (χ3n) is 11.1. The fourth-order valence-electron chi connectivity index (χ4n) is 7.11. The Balaban J connectivity index is 1.63. The van der Waals surface area contributed by atoms with E-state index >= 15 is 0 Å². The lowest BCUT2D eigenvalue weighted by Crippen LogP contribution is -2.58. The third kappa shape index (κ3) is 16.6. The van der Waals surface area contributed by atoms with E-state index < -0.39 is 134 Å². The number of nitrogens with one attached hydrogen (secondary N) is 9. The molecule has 1 saturated heterocycles. The Labute approximate surface area is 387 Å². The molecule has 0 radical (unpaired) electrons. The highest BCUT2D eigenvalue weighted by Gasteiger charge is 2.38. The number of carbonyl (C=O) groups is 10. The van der Waals surface area contributed by atoms with Crippen LogP contribution in [-0.4, -0.2) is 166 Å². The van der Waals surface area contributed by atoms with Crippen molar-refractivity contribution in [2.45, 2.75) is 109 Å². The summed E-state index contributed by atoms with van der Waals surface area (Å²) in [7, 11) is 0. The number of aromatic nitrogens is 1. The van der Waals surface area contributed by atoms with Gasteiger partial charge in [-0.25, -0.2) is 4.79 Å². The van der Waals surface area contributed by atoms with Gasteiger partial charge in [-0.3, -0.25) is 43.2 Å². The molecule has 14 N–H and O–H groups in total. The number of aliphatic carboxylic acids is 1. The summed E-state index contributed by atoms with van der Waals surface area (Å²) in [6, 6.07) is -1.36. The number of aromatic amines is 1. The molecular formula is C43H65N11O13. The molecule has 1 fully saturated rings. The van der Waals surface area contributed by atoms with Crippen molar-refractivity contribution in [2.24, 2.45) is 17.6 Å². The van der Waals surface area contributed by atoms with Crippen molar-refractivity contribution in [1.29, 1.82) is 0 Å². The Morgan fingerprint density at radius 1 is 0.731 bits per heavy atom. The summed E-state index contributed by atoms with van der Waals surface area (Å²) < 4.78 is 0.